The fraction of sp³-hybridized carbons (Fsp3) is 0.400. The van der Waals surface area contributed by atoms with E-state index in [4.69, 9.17) is 0 Å². The molecule has 1 aliphatic carbocycles. The maximum atomic E-state index is 15.1. The summed E-state index contributed by atoms with van der Waals surface area (Å²) >= 11 is 0. The number of hydrogen-bond acceptors (Lipinski definition) is 0. The summed E-state index contributed by atoms with van der Waals surface area (Å²) in [4.78, 5) is 0. The molecule has 0 atom stereocenters. The molecule has 3 aromatic rings. The zero-order valence-corrected chi connectivity index (χ0v) is 20.1. The first-order valence-corrected chi connectivity index (χ1v) is 12.4. The Morgan fingerprint density at radius 3 is 2.06 bits per heavy atom. The Morgan fingerprint density at radius 2 is 1.44 bits per heavy atom. The van der Waals surface area contributed by atoms with E-state index < -0.39 is 29.2 Å². The maximum Gasteiger partial charge on any atom is 0.422 e. The summed E-state index contributed by atoms with van der Waals surface area (Å²) in [7, 11) is 0. The molecule has 0 unspecified atom stereocenters. The van der Waals surface area contributed by atoms with Gasteiger partial charge in [-0.15, -0.1) is 0 Å². The zero-order valence-electron chi connectivity index (χ0n) is 20.1. The molecule has 3 aromatic carbocycles. The van der Waals surface area contributed by atoms with Crippen LogP contribution >= 0.6 is 0 Å². The number of alkyl halides is 3. The van der Waals surface area contributed by atoms with Crippen LogP contribution < -0.4 is 0 Å². The molecule has 6 heteroatoms. The van der Waals surface area contributed by atoms with E-state index in [1.165, 1.54) is 44.6 Å². The van der Waals surface area contributed by atoms with Crippen LogP contribution in [0.1, 0.15) is 74.1 Å². The monoisotopic (exact) mass is 502 g/mol. The lowest BCUT2D eigenvalue weighted by atomic mass is 9.78. The molecule has 0 heterocycles. The topological polar surface area (TPSA) is 0 Å². The molecule has 0 aliphatic heterocycles. The molecule has 0 saturated heterocycles. The minimum absolute atomic E-state index is 0.000182. The van der Waals surface area contributed by atoms with E-state index in [0.717, 1.165) is 35.6 Å². The van der Waals surface area contributed by atoms with Gasteiger partial charge < -0.3 is 0 Å². The summed E-state index contributed by atoms with van der Waals surface area (Å²) in [5, 5.41) is 1.10. The van der Waals surface area contributed by atoms with Crippen molar-refractivity contribution in [3.63, 3.8) is 0 Å². The van der Waals surface area contributed by atoms with Crippen LogP contribution in [0.25, 0.3) is 10.8 Å². The van der Waals surface area contributed by atoms with Crippen LogP contribution in [0.4, 0.5) is 26.3 Å². The van der Waals surface area contributed by atoms with Crippen molar-refractivity contribution in [2.45, 2.75) is 64.5 Å². The lowest BCUT2D eigenvalue weighted by Crippen LogP contribution is -2.15. The molecule has 0 nitrogen and oxygen atoms in total. The molecule has 0 N–H and O–H groups in total. The van der Waals surface area contributed by atoms with E-state index >= 15 is 4.39 Å². The van der Waals surface area contributed by atoms with Gasteiger partial charge in [-0.05, 0) is 53.8 Å². The van der Waals surface area contributed by atoms with Gasteiger partial charge >= 0.3 is 6.18 Å². The SMILES string of the molecule is CCCC1CCC(CCc2ccc3c(F)c(C#Cc4cc(F)c(C(F)(F)F)c(F)c4)ccc3c2)CC1. The van der Waals surface area contributed by atoms with Crippen molar-refractivity contribution in [3.05, 3.63) is 82.2 Å². The van der Waals surface area contributed by atoms with E-state index in [1.807, 2.05) is 12.1 Å². The maximum absolute atomic E-state index is 15.1. The van der Waals surface area contributed by atoms with Gasteiger partial charge in [0, 0.05) is 10.9 Å². The quantitative estimate of drug-likeness (QED) is 0.241. The molecule has 1 fully saturated rings. The lowest BCUT2D eigenvalue weighted by Gasteiger charge is -2.28. The van der Waals surface area contributed by atoms with Gasteiger partial charge in [0.15, 0.2) is 0 Å². The predicted octanol–water partition coefficient (Wildman–Crippen LogP) is 9.21. The Labute approximate surface area is 207 Å². The Morgan fingerprint density at radius 1 is 0.806 bits per heavy atom. The van der Waals surface area contributed by atoms with Crippen molar-refractivity contribution >= 4 is 10.8 Å². The normalized spacial score (nSPS) is 18.2. The van der Waals surface area contributed by atoms with Crippen LogP contribution in [-0.2, 0) is 12.6 Å². The van der Waals surface area contributed by atoms with Gasteiger partial charge in [-0.2, -0.15) is 13.2 Å². The second-order valence-electron chi connectivity index (χ2n) is 9.76. The first-order valence-electron chi connectivity index (χ1n) is 12.4. The molecule has 0 amide bonds. The van der Waals surface area contributed by atoms with Crippen LogP contribution in [0.15, 0.2) is 42.5 Å². The second kappa shape index (κ2) is 11.0. The standard InChI is InChI=1S/C30H28F6/c1-2-3-19-4-6-20(7-5-19)8-9-21-11-15-25-24(16-21)14-13-23(29(25)33)12-10-22-17-26(31)28(27(32)18-22)30(34,35)36/h11,13-20H,2-9H2,1H3. The van der Waals surface area contributed by atoms with Crippen LogP contribution in [0.5, 0.6) is 0 Å². The van der Waals surface area contributed by atoms with Gasteiger partial charge in [-0.1, -0.05) is 81.6 Å². The molecular weight excluding hydrogens is 474 g/mol. The first-order chi connectivity index (χ1) is 17.2. The van der Waals surface area contributed by atoms with E-state index in [0.29, 0.717) is 17.5 Å². The fourth-order valence-corrected chi connectivity index (χ4v) is 5.24. The Bertz CT molecular complexity index is 1260. The first kappa shape index (κ1) is 26.1. The van der Waals surface area contributed by atoms with Gasteiger partial charge in [-0.3, -0.25) is 0 Å². The highest BCUT2D eigenvalue weighted by Gasteiger charge is 2.37. The van der Waals surface area contributed by atoms with E-state index in [9.17, 15) is 22.0 Å². The Kier molecular flexibility index (Phi) is 7.97. The van der Waals surface area contributed by atoms with Crippen molar-refractivity contribution < 1.29 is 26.3 Å². The highest BCUT2D eigenvalue weighted by molar-refractivity contribution is 5.85. The minimum Gasteiger partial charge on any atom is -0.206 e. The number of benzene rings is 3. The van der Waals surface area contributed by atoms with E-state index in [-0.39, 0.29) is 11.1 Å². The summed E-state index contributed by atoms with van der Waals surface area (Å²) in [5.41, 5.74) is -1.13. The molecule has 0 aromatic heterocycles. The average molecular weight is 503 g/mol. The van der Waals surface area contributed by atoms with Crippen LogP contribution in [0.2, 0.25) is 0 Å². The van der Waals surface area contributed by atoms with E-state index in [1.54, 1.807) is 12.1 Å². The highest BCUT2D eigenvalue weighted by Crippen LogP contribution is 2.35. The lowest BCUT2D eigenvalue weighted by molar-refractivity contribution is -0.142. The molecule has 0 radical (unpaired) electrons. The molecule has 0 bridgehead atoms. The summed E-state index contributed by atoms with van der Waals surface area (Å²) in [5.74, 6) is 2.39. The van der Waals surface area contributed by atoms with E-state index in [2.05, 4.69) is 18.8 Å². The van der Waals surface area contributed by atoms with Gasteiger partial charge in [0.2, 0.25) is 0 Å². The minimum atomic E-state index is -5.16. The Hall–Kier alpha value is -2.94. The third-order valence-corrected chi connectivity index (χ3v) is 7.19. The summed E-state index contributed by atoms with van der Waals surface area (Å²) in [6.07, 6.45) is 4.68. The van der Waals surface area contributed by atoms with Gasteiger partial charge in [-0.25, -0.2) is 13.2 Å². The third kappa shape index (κ3) is 6.06. The van der Waals surface area contributed by atoms with Crippen LogP contribution in [0.3, 0.4) is 0 Å². The fourth-order valence-electron chi connectivity index (χ4n) is 5.24. The van der Waals surface area contributed by atoms with Crippen molar-refractivity contribution in [1.82, 2.24) is 0 Å². The third-order valence-electron chi connectivity index (χ3n) is 7.19. The summed E-state index contributed by atoms with van der Waals surface area (Å²) < 4.78 is 80.8. The molecular formula is C30H28F6. The van der Waals surface area contributed by atoms with Crippen molar-refractivity contribution in [1.29, 1.82) is 0 Å². The second-order valence-corrected chi connectivity index (χ2v) is 9.76. The molecule has 190 valence electrons. The smallest absolute Gasteiger partial charge is 0.206 e. The molecule has 4 rings (SSSR count). The molecule has 1 saturated carbocycles. The zero-order chi connectivity index (χ0) is 25.9. The highest BCUT2D eigenvalue weighted by atomic mass is 19.4. The predicted molar refractivity (Wildman–Crippen MR) is 130 cm³/mol. The number of aryl methyl sites for hydroxylation is 1. The molecule has 36 heavy (non-hydrogen) atoms. The Balaban J connectivity index is 1.47. The number of halogens is 6. The average Bonchev–Trinajstić information content (AvgIpc) is 2.82. The molecule has 1 aliphatic rings. The number of rotatable bonds is 5. The van der Waals surface area contributed by atoms with Crippen molar-refractivity contribution in [2.24, 2.45) is 11.8 Å². The molecule has 0 spiro atoms. The van der Waals surface area contributed by atoms with Gasteiger partial charge in [0.1, 0.15) is 23.0 Å². The van der Waals surface area contributed by atoms with Crippen molar-refractivity contribution in [2.75, 3.05) is 0 Å². The van der Waals surface area contributed by atoms with Crippen LogP contribution in [-0.4, -0.2) is 0 Å². The van der Waals surface area contributed by atoms with Gasteiger partial charge in [0.25, 0.3) is 0 Å². The summed E-state index contributed by atoms with van der Waals surface area (Å²) in [6.45, 7) is 2.24. The largest absolute Gasteiger partial charge is 0.422 e. The van der Waals surface area contributed by atoms with Gasteiger partial charge in [0.05, 0.1) is 5.56 Å². The summed E-state index contributed by atoms with van der Waals surface area (Å²) in [6, 6.07) is 9.79. The van der Waals surface area contributed by atoms with Crippen molar-refractivity contribution in [3.8, 4) is 11.8 Å². The number of hydrogen-bond donors (Lipinski definition) is 0. The van der Waals surface area contributed by atoms with Crippen LogP contribution in [0, 0.1) is 41.1 Å². The number of fused-ring (bicyclic) bond motifs is 1.